The number of nitrogens with one attached hydrogen (secondary N) is 1. The number of aromatic amines is 1. The Labute approximate surface area is 195 Å². The molecule has 3 heteroatoms. The quantitative estimate of drug-likeness (QED) is 0.310. The molecule has 1 aromatic heterocycles. The summed E-state index contributed by atoms with van der Waals surface area (Å²) in [6.07, 6.45) is 5.98. The maximum Gasteiger partial charge on any atom is 0.109 e. The van der Waals surface area contributed by atoms with Crippen molar-refractivity contribution in [2.75, 3.05) is 0 Å². The van der Waals surface area contributed by atoms with Crippen LogP contribution >= 0.6 is 0 Å². The van der Waals surface area contributed by atoms with Gasteiger partial charge in [-0.3, -0.25) is 4.99 Å². The van der Waals surface area contributed by atoms with Gasteiger partial charge in [-0.05, 0) is 62.6 Å². The molecule has 2 heterocycles. The first-order chi connectivity index (χ1) is 16.0. The molecule has 0 amide bonds. The van der Waals surface area contributed by atoms with Crippen molar-refractivity contribution < 1.29 is 0 Å². The molecular formula is C30H29N3. The second-order valence-corrected chi connectivity index (χ2v) is 10.0. The molecule has 1 N–H and O–H groups in total. The Morgan fingerprint density at radius 3 is 2.39 bits per heavy atom. The van der Waals surface area contributed by atoms with Crippen LogP contribution in [0.15, 0.2) is 65.9 Å². The van der Waals surface area contributed by atoms with E-state index in [1.54, 1.807) is 0 Å². The zero-order valence-corrected chi connectivity index (χ0v) is 19.7. The minimum absolute atomic E-state index is 0.398. The molecule has 0 saturated carbocycles. The summed E-state index contributed by atoms with van der Waals surface area (Å²) < 4.78 is 0. The van der Waals surface area contributed by atoms with E-state index in [2.05, 4.69) is 97.4 Å². The molecule has 6 rings (SSSR count). The van der Waals surface area contributed by atoms with Crippen LogP contribution in [-0.2, 0) is 6.42 Å². The van der Waals surface area contributed by atoms with Crippen LogP contribution in [0.4, 0.5) is 0 Å². The highest BCUT2D eigenvalue weighted by Crippen LogP contribution is 2.42. The van der Waals surface area contributed by atoms with Crippen molar-refractivity contribution >= 4 is 22.1 Å². The lowest BCUT2D eigenvalue weighted by atomic mass is 9.95. The summed E-state index contributed by atoms with van der Waals surface area (Å²) in [5.41, 5.74) is 11.8. The molecule has 3 aromatic carbocycles. The molecule has 0 radical (unpaired) electrons. The van der Waals surface area contributed by atoms with Gasteiger partial charge in [0, 0.05) is 29.8 Å². The van der Waals surface area contributed by atoms with Crippen LogP contribution in [-0.4, -0.2) is 15.7 Å². The predicted molar refractivity (Wildman–Crippen MR) is 139 cm³/mol. The van der Waals surface area contributed by atoms with Crippen LogP contribution < -0.4 is 0 Å². The third kappa shape index (κ3) is 3.34. The fourth-order valence-electron chi connectivity index (χ4n) is 5.15. The number of aliphatic imine (C=N–C) groups is 1. The molecule has 0 spiro atoms. The van der Waals surface area contributed by atoms with Crippen LogP contribution in [0.25, 0.3) is 38.7 Å². The molecule has 164 valence electrons. The Morgan fingerprint density at radius 1 is 0.818 bits per heavy atom. The second kappa shape index (κ2) is 7.55. The monoisotopic (exact) mass is 431 g/mol. The molecule has 2 aliphatic rings. The Kier molecular flexibility index (Phi) is 4.62. The standard InChI is InChI=1S/C30H29N3/c1-17(2)28-14-23(15-31-28)19-5-8-25-22(11-19)13-27-24-9-7-21(12-20(24)6-10-26(25)27)29-16-32-30(33-29)18(3)4/h5-12,15-18H,13-14H2,1-4H3,(H,32,33). The van der Waals surface area contributed by atoms with Crippen molar-refractivity contribution in [2.45, 2.75) is 46.5 Å². The van der Waals surface area contributed by atoms with Crippen molar-refractivity contribution in [1.82, 2.24) is 9.97 Å². The van der Waals surface area contributed by atoms with Crippen LogP contribution in [0.1, 0.15) is 62.5 Å². The van der Waals surface area contributed by atoms with Crippen molar-refractivity contribution in [1.29, 1.82) is 0 Å². The highest BCUT2D eigenvalue weighted by atomic mass is 14.9. The average molecular weight is 432 g/mol. The number of fused-ring (bicyclic) bond motifs is 5. The van der Waals surface area contributed by atoms with Crippen LogP contribution in [0.2, 0.25) is 0 Å². The van der Waals surface area contributed by atoms with E-state index in [-0.39, 0.29) is 0 Å². The first-order valence-electron chi connectivity index (χ1n) is 12.0. The fraction of sp³-hybridized carbons (Fsp3) is 0.267. The zero-order chi connectivity index (χ0) is 22.7. The van der Waals surface area contributed by atoms with Gasteiger partial charge in [-0.1, -0.05) is 70.2 Å². The van der Waals surface area contributed by atoms with Gasteiger partial charge in [0.15, 0.2) is 0 Å². The maximum absolute atomic E-state index is 4.66. The summed E-state index contributed by atoms with van der Waals surface area (Å²) in [6.45, 7) is 8.77. The number of imidazole rings is 1. The van der Waals surface area contributed by atoms with Crippen LogP contribution in [0.5, 0.6) is 0 Å². The number of H-pyrrole nitrogens is 1. The van der Waals surface area contributed by atoms with Gasteiger partial charge < -0.3 is 4.98 Å². The molecule has 4 aromatic rings. The Morgan fingerprint density at radius 2 is 1.64 bits per heavy atom. The average Bonchev–Trinajstić information content (AvgIpc) is 3.56. The van der Waals surface area contributed by atoms with E-state index >= 15 is 0 Å². The molecule has 0 unspecified atom stereocenters. The molecule has 33 heavy (non-hydrogen) atoms. The molecule has 1 aliphatic heterocycles. The van der Waals surface area contributed by atoms with Crippen molar-refractivity contribution in [2.24, 2.45) is 10.9 Å². The van der Waals surface area contributed by atoms with Gasteiger partial charge in [0.2, 0.25) is 0 Å². The topological polar surface area (TPSA) is 41.0 Å². The summed E-state index contributed by atoms with van der Waals surface area (Å²) in [4.78, 5) is 12.7. The smallest absolute Gasteiger partial charge is 0.109 e. The molecule has 0 saturated heterocycles. The van der Waals surface area contributed by atoms with Crippen molar-refractivity contribution in [3.8, 4) is 22.4 Å². The van der Waals surface area contributed by atoms with Gasteiger partial charge in [0.1, 0.15) is 5.82 Å². The largest absolute Gasteiger partial charge is 0.342 e. The van der Waals surface area contributed by atoms with Crippen LogP contribution in [0, 0.1) is 5.92 Å². The third-order valence-electron chi connectivity index (χ3n) is 7.14. The van der Waals surface area contributed by atoms with E-state index < -0.39 is 0 Å². The second-order valence-electron chi connectivity index (χ2n) is 10.0. The lowest BCUT2D eigenvalue weighted by Crippen LogP contribution is -2.04. The Balaban J connectivity index is 1.33. The highest BCUT2D eigenvalue weighted by Gasteiger charge is 2.23. The Hall–Kier alpha value is -3.46. The van der Waals surface area contributed by atoms with Gasteiger partial charge in [0.25, 0.3) is 0 Å². The van der Waals surface area contributed by atoms with Crippen molar-refractivity contribution in [3.05, 3.63) is 83.4 Å². The summed E-state index contributed by atoms with van der Waals surface area (Å²) >= 11 is 0. The summed E-state index contributed by atoms with van der Waals surface area (Å²) in [7, 11) is 0. The van der Waals surface area contributed by atoms with Crippen LogP contribution in [0.3, 0.4) is 0 Å². The minimum atomic E-state index is 0.398. The number of rotatable bonds is 4. The molecule has 0 bridgehead atoms. The number of hydrogen-bond donors (Lipinski definition) is 1. The molecular weight excluding hydrogens is 402 g/mol. The molecule has 3 nitrogen and oxygen atoms in total. The SMILES string of the molecule is CC(C)C1=NC=C(c2ccc3c(c2)Cc2c-3ccc3cc(-c4cnc(C(C)C)[nH]4)ccc23)C1. The predicted octanol–water partition coefficient (Wildman–Crippen LogP) is 7.77. The maximum atomic E-state index is 4.66. The molecule has 1 aliphatic carbocycles. The van der Waals surface area contributed by atoms with Gasteiger partial charge >= 0.3 is 0 Å². The van der Waals surface area contributed by atoms with E-state index in [4.69, 9.17) is 0 Å². The lowest BCUT2D eigenvalue weighted by molar-refractivity contribution is 0.795. The number of hydrogen-bond acceptors (Lipinski definition) is 2. The molecule has 0 fully saturated rings. The first-order valence-corrected chi connectivity index (χ1v) is 12.0. The third-order valence-corrected chi connectivity index (χ3v) is 7.14. The van der Waals surface area contributed by atoms with E-state index in [0.29, 0.717) is 11.8 Å². The first kappa shape index (κ1) is 20.2. The van der Waals surface area contributed by atoms with Gasteiger partial charge in [-0.2, -0.15) is 0 Å². The van der Waals surface area contributed by atoms with Crippen molar-refractivity contribution in [3.63, 3.8) is 0 Å². The number of nitrogens with zero attached hydrogens (tertiary/aromatic N) is 2. The van der Waals surface area contributed by atoms with E-state index in [9.17, 15) is 0 Å². The minimum Gasteiger partial charge on any atom is -0.342 e. The van der Waals surface area contributed by atoms with Gasteiger partial charge in [0.05, 0.1) is 11.9 Å². The summed E-state index contributed by atoms with van der Waals surface area (Å²) in [5, 5.41) is 2.64. The number of allylic oxidation sites excluding steroid dienone is 1. The highest BCUT2D eigenvalue weighted by molar-refractivity contribution is 6.00. The van der Waals surface area contributed by atoms with Gasteiger partial charge in [-0.25, -0.2) is 4.98 Å². The fourth-order valence-corrected chi connectivity index (χ4v) is 5.15. The van der Waals surface area contributed by atoms with E-state index in [0.717, 1.165) is 24.4 Å². The molecule has 0 atom stereocenters. The number of benzene rings is 3. The lowest BCUT2D eigenvalue weighted by Gasteiger charge is -2.09. The van der Waals surface area contributed by atoms with E-state index in [1.165, 1.54) is 55.4 Å². The zero-order valence-electron chi connectivity index (χ0n) is 19.7. The van der Waals surface area contributed by atoms with E-state index in [1.807, 2.05) is 6.20 Å². The Bertz CT molecular complexity index is 1460. The van der Waals surface area contributed by atoms with Gasteiger partial charge in [-0.15, -0.1) is 0 Å². The normalized spacial score (nSPS) is 14.7. The summed E-state index contributed by atoms with van der Waals surface area (Å²) in [6, 6.07) is 18.3. The number of aromatic nitrogens is 2. The summed E-state index contributed by atoms with van der Waals surface area (Å²) in [5.74, 6) is 1.94.